The molecule has 0 saturated carbocycles. The first kappa shape index (κ1) is 21.7. The molecule has 2 N–H and O–H groups in total. The average molecular weight is 417 g/mol. The molecule has 0 amide bonds. The number of benzene rings is 1. The van der Waals surface area contributed by atoms with Crippen molar-refractivity contribution in [1.82, 2.24) is 15.6 Å². The Balaban J connectivity index is 1.37. The second kappa shape index (κ2) is 11.3. The lowest BCUT2D eigenvalue weighted by Crippen LogP contribution is -2.37. The van der Waals surface area contributed by atoms with Crippen LogP contribution in [0.3, 0.4) is 0 Å². The van der Waals surface area contributed by atoms with Crippen molar-refractivity contribution in [2.24, 2.45) is 4.99 Å². The van der Waals surface area contributed by atoms with Gasteiger partial charge in [-0.25, -0.2) is 4.98 Å². The second-order valence-electron chi connectivity index (χ2n) is 7.29. The number of hydrogen-bond acceptors (Lipinski definition) is 5. The molecule has 1 aliphatic rings. The van der Waals surface area contributed by atoms with Crippen LogP contribution < -0.4 is 10.6 Å². The minimum Gasteiger partial charge on any atom is -0.381 e. The van der Waals surface area contributed by atoms with Crippen LogP contribution in [-0.4, -0.2) is 43.9 Å². The van der Waals surface area contributed by atoms with Gasteiger partial charge >= 0.3 is 0 Å². The molecule has 2 aromatic rings. The van der Waals surface area contributed by atoms with E-state index < -0.39 is 0 Å². The maximum Gasteiger partial charge on any atom is 0.191 e. The van der Waals surface area contributed by atoms with Crippen LogP contribution in [0.15, 0.2) is 29.3 Å². The standard InChI is InChI=1S/C22H32N4O2S/c1-16-17(2)29-21(26-16)8-11-24-22(23-3)25-14-18-4-6-19(7-5-18)15-28-20-9-12-27-13-10-20/h4-7,20H,8-15H2,1-3H3,(H2,23,24,25). The van der Waals surface area contributed by atoms with Gasteiger partial charge in [0.05, 0.1) is 23.4 Å². The highest BCUT2D eigenvalue weighted by Gasteiger charge is 2.13. The summed E-state index contributed by atoms with van der Waals surface area (Å²) in [5.41, 5.74) is 3.56. The van der Waals surface area contributed by atoms with Crippen molar-refractivity contribution in [3.63, 3.8) is 0 Å². The van der Waals surface area contributed by atoms with Gasteiger partial charge in [-0.1, -0.05) is 24.3 Å². The summed E-state index contributed by atoms with van der Waals surface area (Å²) in [4.78, 5) is 10.2. The summed E-state index contributed by atoms with van der Waals surface area (Å²) < 4.78 is 11.4. The van der Waals surface area contributed by atoms with E-state index in [0.717, 1.165) is 57.2 Å². The molecule has 1 aromatic heterocycles. The van der Waals surface area contributed by atoms with Crippen LogP contribution in [-0.2, 0) is 29.0 Å². The lowest BCUT2D eigenvalue weighted by Gasteiger charge is -2.22. The SMILES string of the molecule is CN=C(NCCc1nc(C)c(C)s1)NCc1ccc(COC2CCOCC2)cc1. The summed E-state index contributed by atoms with van der Waals surface area (Å²) in [6.07, 6.45) is 3.23. The molecular formula is C22H32N4O2S. The summed E-state index contributed by atoms with van der Waals surface area (Å²) >= 11 is 1.77. The summed E-state index contributed by atoms with van der Waals surface area (Å²) in [6.45, 7) is 8.02. The predicted molar refractivity (Wildman–Crippen MR) is 119 cm³/mol. The van der Waals surface area contributed by atoms with Crippen molar-refractivity contribution in [2.75, 3.05) is 26.8 Å². The van der Waals surface area contributed by atoms with Gasteiger partial charge < -0.3 is 20.1 Å². The highest BCUT2D eigenvalue weighted by atomic mass is 32.1. The maximum absolute atomic E-state index is 5.99. The molecule has 0 bridgehead atoms. The zero-order chi connectivity index (χ0) is 20.5. The molecule has 0 radical (unpaired) electrons. The Labute approximate surface area is 177 Å². The minimum atomic E-state index is 0.330. The number of nitrogens with one attached hydrogen (secondary N) is 2. The normalized spacial score (nSPS) is 15.5. The van der Waals surface area contributed by atoms with E-state index in [0.29, 0.717) is 12.7 Å². The topological polar surface area (TPSA) is 67.8 Å². The van der Waals surface area contributed by atoms with Crippen LogP contribution in [0.1, 0.15) is 39.5 Å². The fraction of sp³-hybridized carbons (Fsp3) is 0.545. The van der Waals surface area contributed by atoms with Crippen LogP contribution in [0.2, 0.25) is 0 Å². The summed E-state index contributed by atoms with van der Waals surface area (Å²) in [6, 6.07) is 8.56. The number of aliphatic imine (C=N–C) groups is 1. The zero-order valence-corrected chi connectivity index (χ0v) is 18.5. The fourth-order valence-corrected chi connectivity index (χ4v) is 4.08. The molecule has 1 aliphatic heterocycles. The zero-order valence-electron chi connectivity index (χ0n) is 17.7. The minimum absolute atomic E-state index is 0.330. The number of hydrogen-bond donors (Lipinski definition) is 2. The van der Waals surface area contributed by atoms with E-state index in [2.05, 4.69) is 58.7 Å². The molecule has 3 rings (SSSR count). The number of rotatable bonds is 8. The third-order valence-electron chi connectivity index (χ3n) is 5.06. The van der Waals surface area contributed by atoms with Crippen LogP contribution >= 0.6 is 11.3 Å². The van der Waals surface area contributed by atoms with E-state index in [-0.39, 0.29) is 0 Å². The van der Waals surface area contributed by atoms with Gasteiger partial charge in [0.15, 0.2) is 5.96 Å². The lowest BCUT2D eigenvalue weighted by molar-refractivity contribution is -0.0390. The first-order valence-corrected chi connectivity index (χ1v) is 11.1. The van der Waals surface area contributed by atoms with E-state index in [1.54, 1.807) is 18.4 Å². The summed E-state index contributed by atoms with van der Waals surface area (Å²) in [5.74, 6) is 0.807. The highest BCUT2D eigenvalue weighted by molar-refractivity contribution is 7.11. The molecule has 7 heteroatoms. The van der Waals surface area contributed by atoms with E-state index in [9.17, 15) is 0 Å². The Kier molecular flexibility index (Phi) is 8.46. The monoisotopic (exact) mass is 416 g/mol. The van der Waals surface area contributed by atoms with Crippen LogP contribution in [0, 0.1) is 13.8 Å². The van der Waals surface area contributed by atoms with Crippen molar-refractivity contribution in [2.45, 2.75) is 52.4 Å². The molecule has 0 unspecified atom stereocenters. The number of aryl methyl sites for hydroxylation is 2. The smallest absolute Gasteiger partial charge is 0.191 e. The summed E-state index contributed by atoms with van der Waals surface area (Å²) in [5, 5.41) is 7.90. The number of aromatic nitrogens is 1. The molecule has 1 aromatic carbocycles. The van der Waals surface area contributed by atoms with E-state index in [4.69, 9.17) is 9.47 Å². The fourth-order valence-electron chi connectivity index (χ4n) is 3.15. The Morgan fingerprint density at radius 3 is 2.55 bits per heavy atom. The Bertz CT molecular complexity index is 763. The Hall–Kier alpha value is -1.96. The maximum atomic E-state index is 5.99. The van der Waals surface area contributed by atoms with Crippen molar-refractivity contribution < 1.29 is 9.47 Å². The second-order valence-corrected chi connectivity index (χ2v) is 8.58. The third kappa shape index (κ3) is 7.10. The molecule has 0 atom stereocenters. The number of nitrogens with zero attached hydrogens (tertiary/aromatic N) is 2. The van der Waals surface area contributed by atoms with E-state index >= 15 is 0 Å². The van der Waals surface area contributed by atoms with Crippen molar-refractivity contribution in [3.05, 3.63) is 51.0 Å². The van der Waals surface area contributed by atoms with Gasteiger partial charge in [0, 0.05) is 44.6 Å². The molecule has 0 aliphatic carbocycles. The van der Waals surface area contributed by atoms with Crippen molar-refractivity contribution in [1.29, 1.82) is 0 Å². The van der Waals surface area contributed by atoms with Crippen LogP contribution in [0.5, 0.6) is 0 Å². The van der Waals surface area contributed by atoms with Gasteiger partial charge in [0.2, 0.25) is 0 Å². The molecule has 29 heavy (non-hydrogen) atoms. The first-order valence-electron chi connectivity index (χ1n) is 10.3. The molecule has 6 nitrogen and oxygen atoms in total. The van der Waals surface area contributed by atoms with Gasteiger partial charge in [-0.15, -0.1) is 11.3 Å². The molecule has 2 heterocycles. The quantitative estimate of drug-likeness (QED) is 0.510. The number of guanidine groups is 1. The first-order chi connectivity index (χ1) is 14.1. The van der Waals surface area contributed by atoms with Gasteiger partial charge in [0.25, 0.3) is 0 Å². The third-order valence-corrected chi connectivity index (χ3v) is 6.20. The van der Waals surface area contributed by atoms with Gasteiger partial charge in [-0.05, 0) is 37.8 Å². The number of ether oxygens (including phenoxy) is 2. The Morgan fingerprint density at radius 2 is 1.90 bits per heavy atom. The number of thiazole rings is 1. The highest BCUT2D eigenvalue weighted by Crippen LogP contribution is 2.16. The van der Waals surface area contributed by atoms with Crippen LogP contribution in [0.4, 0.5) is 0 Å². The van der Waals surface area contributed by atoms with Crippen LogP contribution in [0.25, 0.3) is 0 Å². The molecule has 158 valence electrons. The molecular weight excluding hydrogens is 384 g/mol. The molecule has 0 spiro atoms. The van der Waals surface area contributed by atoms with Gasteiger partial charge in [-0.3, -0.25) is 4.99 Å². The van der Waals surface area contributed by atoms with Gasteiger partial charge in [-0.2, -0.15) is 0 Å². The average Bonchev–Trinajstić information content (AvgIpc) is 3.07. The molecule has 1 saturated heterocycles. The van der Waals surface area contributed by atoms with Crippen molar-refractivity contribution in [3.8, 4) is 0 Å². The van der Waals surface area contributed by atoms with Crippen molar-refractivity contribution >= 4 is 17.3 Å². The lowest BCUT2D eigenvalue weighted by atomic mass is 10.1. The molecule has 1 fully saturated rings. The summed E-state index contributed by atoms with van der Waals surface area (Å²) in [7, 11) is 1.80. The van der Waals surface area contributed by atoms with E-state index in [1.165, 1.54) is 21.0 Å². The largest absolute Gasteiger partial charge is 0.381 e. The Morgan fingerprint density at radius 1 is 1.17 bits per heavy atom. The van der Waals surface area contributed by atoms with Gasteiger partial charge in [0.1, 0.15) is 0 Å². The van der Waals surface area contributed by atoms with E-state index in [1.807, 2.05) is 0 Å². The predicted octanol–water partition coefficient (Wildman–Crippen LogP) is 3.36.